The summed E-state index contributed by atoms with van der Waals surface area (Å²) in [5.41, 5.74) is 3.92. The molecule has 0 amide bonds. The van der Waals surface area contributed by atoms with E-state index < -0.39 is 5.97 Å². The molecule has 3 rings (SSSR count). The number of carboxylic acid groups (broad SMARTS) is 1. The molecule has 3 aromatic rings. The van der Waals surface area contributed by atoms with Crippen molar-refractivity contribution >= 4 is 16.9 Å². The fourth-order valence-corrected chi connectivity index (χ4v) is 2.19. The predicted octanol–water partition coefficient (Wildman–Crippen LogP) is 3.14. The zero-order valence-corrected chi connectivity index (χ0v) is 10.5. The van der Waals surface area contributed by atoms with E-state index in [1.807, 2.05) is 32.0 Å². The summed E-state index contributed by atoms with van der Waals surface area (Å²) in [7, 11) is 0. The van der Waals surface area contributed by atoms with Gasteiger partial charge in [0.05, 0.1) is 5.52 Å². The van der Waals surface area contributed by atoms with Gasteiger partial charge < -0.3 is 14.6 Å². The van der Waals surface area contributed by atoms with Gasteiger partial charge in [-0.1, -0.05) is 17.3 Å². The van der Waals surface area contributed by atoms with Crippen molar-refractivity contribution in [2.75, 3.05) is 0 Å². The zero-order chi connectivity index (χ0) is 13.6. The minimum Gasteiger partial charge on any atom is -0.476 e. The van der Waals surface area contributed by atoms with E-state index >= 15 is 0 Å². The van der Waals surface area contributed by atoms with Crippen molar-refractivity contribution in [3.63, 3.8) is 0 Å². The lowest BCUT2D eigenvalue weighted by Gasteiger charge is -1.98. The molecule has 0 bridgehead atoms. The molecular formula is C14H12N2O3. The highest BCUT2D eigenvalue weighted by Crippen LogP contribution is 2.31. The minimum atomic E-state index is -1.10. The molecule has 0 unspecified atom stereocenters. The first-order chi connectivity index (χ1) is 9.08. The number of fused-ring (bicyclic) bond motifs is 1. The molecule has 0 aliphatic carbocycles. The Morgan fingerprint density at radius 1 is 1.37 bits per heavy atom. The number of nitrogens with one attached hydrogen (secondary N) is 1. The van der Waals surface area contributed by atoms with Gasteiger partial charge in [-0.05, 0) is 25.5 Å². The molecule has 5 heteroatoms. The van der Waals surface area contributed by atoms with Crippen LogP contribution < -0.4 is 0 Å². The maximum atomic E-state index is 10.8. The lowest BCUT2D eigenvalue weighted by Crippen LogP contribution is -1.94. The Kier molecular flexibility index (Phi) is 2.41. The molecule has 1 aromatic carbocycles. The largest absolute Gasteiger partial charge is 0.476 e. The Balaban J connectivity index is 2.24. The lowest BCUT2D eigenvalue weighted by molar-refractivity contribution is 0.0686. The number of aryl methyl sites for hydroxylation is 2. The number of aromatic amines is 1. The van der Waals surface area contributed by atoms with Gasteiger partial charge in [-0.25, -0.2) is 4.79 Å². The Hall–Kier alpha value is -2.56. The highest BCUT2D eigenvalue weighted by atomic mass is 16.5. The van der Waals surface area contributed by atoms with E-state index in [0.29, 0.717) is 5.76 Å². The van der Waals surface area contributed by atoms with E-state index in [2.05, 4.69) is 10.1 Å². The number of nitrogens with zero attached hydrogens (tertiary/aromatic N) is 1. The molecule has 0 radical (unpaired) electrons. The summed E-state index contributed by atoms with van der Waals surface area (Å²) in [6.45, 7) is 4.04. The SMILES string of the molecule is Cc1[nH]c2c(-c3cc(C(=O)O)no3)cccc2c1C. The third-order valence-electron chi connectivity index (χ3n) is 3.34. The minimum absolute atomic E-state index is 0.0907. The molecule has 0 aliphatic rings. The van der Waals surface area contributed by atoms with Crippen LogP contribution in [0.15, 0.2) is 28.8 Å². The number of aromatic carboxylic acids is 1. The monoisotopic (exact) mass is 256 g/mol. The van der Waals surface area contributed by atoms with Crippen molar-refractivity contribution < 1.29 is 14.4 Å². The molecule has 0 spiro atoms. The average Bonchev–Trinajstić information content (AvgIpc) is 2.96. The van der Waals surface area contributed by atoms with Crippen molar-refractivity contribution in [3.8, 4) is 11.3 Å². The van der Waals surface area contributed by atoms with E-state index in [1.165, 1.54) is 11.6 Å². The van der Waals surface area contributed by atoms with Crippen LogP contribution in [0.1, 0.15) is 21.7 Å². The van der Waals surface area contributed by atoms with Crippen LogP contribution in [0.4, 0.5) is 0 Å². The number of H-pyrrole nitrogens is 1. The second-order valence-electron chi connectivity index (χ2n) is 4.48. The van der Waals surface area contributed by atoms with Crippen LogP contribution in [0, 0.1) is 13.8 Å². The molecule has 2 N–H and O–H groups in total. The van der Waals surface area contributed by atoms with Crippen LogP contribution in [0.3, 0.4) is 0 Å². The van der Waals surface area contributed by atoms with Crippen LogP contribution >= 0.6 is 0 Å². The van der Waals surface area contributed by atoms with Gasteiger partial charge in [0.25, 0.3) is 0 Å². The number of benzene rings is 1. The van der Waals surface area contributed by atoms with Crippen LogP contribution in [0.2, 0.25) is 0 Å². The number of carbonyl (C=O) groups is 1. The van der Waals surface area contributed by atoms with Crippen molar-refractivity contribution in [1.82, 2.24) is 10.1 Å². The summed E-state index contributed by atoms with van der Waals surface area (Å²) in [6, 6.07) is 7.25. The van der Waals surface area contributed by atoms with Crippen LogP contribution in [0.25, 0.3) is 22.2 Å². The molecule has 0 fully saturated rings. The van der Waals surface area contributed by atoms with Gasteiger partial charge in [0.2, 0.25) is 0 Å². The lowest BCUT2D eigenvalue weighted by atomic mass is 10.1. The summed E-state index contributed by atoms with van der Waals surface area (Å²) in [5.74, 6) is -0.648. The number of hydrogen-bond acceptors (Lipinski definition) is 3. The average molecular weight is 256 g/mol. The highest BCUT2D eigenvalue weighted by molar-refractivity contribution is 5.96. The van der Waals surface area contributed by atoms with Gasteiger partial charge in [0.1, 0.15) is 0 Å². The number of hydrogen-bond donors (Lipinski definition) is 2. The van der Waals surface area contributed by atoms with E-state index in [-0.39, 0.29) is 5.69 Å². The van der Waals surface area contributed by atoms with Crippen LogP contribution in [-0.4, -0.2) is 21.2 Å². The standard InChI is InChI=1S/C14H12N2O3/c1-7-8(2)15-13-9(7)4-3-5-10(13)12-6-11(14(17)18)16-19-12/h3-6,15H,1-2H3,(H,17,18). The fraction of sp³-hybridized carbons (Fsp3) is 0.143. The maximum Gasteiger partial charge on any atom is 0.358 e. The number of aromatic nitrogens is 2. The third-order valence-corrected chi connectivity index (χ3v) is 3.34. The molecule has 96 valence electrons. The third kappa shape index (κ3) is 1.71. The Bertz CT molecular complexity index is 783. The fourth-order valence-electron chi connectivity index (χ4n) is 2.19. The van der Waals surface area contributed by atoms with Gasteiger partial charge in [0.15, 0.2) is 11.5 Å². The summed E-state index contributed by atoms with van der Waals surface area (Å²) in [6.07, 6.45) is 0. The zero-order valence-electron chi connectivity index (χ0n) is 10.5. The Labute approximate surface area is 108 Å². The van der Waals surface area contributed by atoms with Crippen molar-refractivity contribution in [2.24, 2.45) is 0 Å². The van der Waals surface area contributed by atoms with E-state index in [4.69, 9.17) is 9.63 Å². The highest BCUT2D eigenvalue weighted by Gasteiger charge is 2.16. The maximum absolute atomic E-state index is 10.8. The second-order valence-corrected chi connectivity index (χ2v) is 4.48. The smallest absolute Gasteiger partial charge is 0.358 e. The van der Waals surface area contributed by atoms with E-state index in [9.17, 15) is 4.79 Å². The summed E-state index contributed by atoms with van der Waals surface area (Å²) < 4.78 is 5.12. The number of carboxylic acids is 1. The van der Waals surface area contributed by atoms with Crippen molar-refractivity contribution in [2.45, 2.75) is 13.8 Å². The molecule has 0 saturated carbocycles. The summed E-state index contributed by atoms with van der Waals surface area (Å²) >= 11 is 0. The molecule has 2 heterocycles. The first-order valence-corrected chi connectivity index (χ1v) is 5.86. The van der Waals surface area contributed by atoms with Gasteiger partial charge in [-0.3, -0.25) is 0 Å². The Morgan fingerprint density at radius 3 is 2.84 bits per heavy atom. The molecule has 19 heavy (non-hydrogen) atoms. The number of para-hydroxylation sites is 1. The first kappa shape index (κ1) is 11.5. The number of rotatable bonds is 2. The molecule has 5 nitrogen and oxygen atoms in total. The van der Waals surface area contributed by atoms with Gasteiger partial charge >= 0.3 is 5.97 Å². The van der Waals surface area contributed by atoms with Crippen molar-refractivity contribution in [3.05, 3.63) is 41.2 Å². The molecule has 0 saturated heterocycles. The van der Waals surface area contributed by atoms with Crippen LogP contribution in [0.5, 0.6) is 0 Å². The first-order valence-electron chi connectivity index (χ1n) is 5.86. The molecule has 2 aromatic heterocycles. The molecule has 0 aliphatic heterocycles. The van der Waals surface area contributed by atoms with Crippen LogP contribution in [-0.2, 0) is 0 Å². The summed E-state index contributed by atoms with van der Waals surface area (Å²) in [4.78, 5) is 14.1. The van der Waals surface area contributed by atoms with E-state index in [1.54, 1.807) is 0 Å². The molecule has 0 atom stereocenters. The Morgan fingerprint density at radius 2 is 2.16 bits per heavy atom. The van der Waals surface area contributed by atoms with Gasteiger partial charge in [0, 0.05) is 22.7 Å². The predicted molar refractivity (Wildman–Crippen MR) is 70.2 cm³/mol. The normalized spacial score (nSPS) is 11.1. The second kappa shape index (κ2) is 3.98. The van der Waals surface area contributed by atoms with Crippen molar-refractivity contribution in [1.29, 1.82) is 0 Å². The van der Waals surface area contributed by atoms with E-state index in [0.717, 1.165) is 22.2 Å². The molecular weight excluding hydrogens is 244 g/mol. The van der Waals surface area contributed by atoms with Gasteiger partial charge in [-0.15, -0.1) is 0 Å². The topological polar surface area (TPSA) is 79.1 Å². The quantitative estimate of drug-likeness (QED) is 0.738. The van der Waals surface area contributed by atoms with Gasteiger partial charge in [-0.2, -0.15) is 0 Å². The summed E-state index contributed by atoms with van der Waals surface area (Å²) in [5, 5.41) is 13.5.